The van der Waals surface area contributed by atoms with Crippen LogP contribution >= 0.6 is 0 Å². The van der Waals surface area contributed by atoms with E-state index < -0.39 is 0 Å². The predicted octanol–water partition coefficient (Wildman–Crippen LogP) is 4.35. The number of aliphatic hydroxyl groups excluding tert-OH is 1. The Balaban J connectivity index is 1.78. The molecule has 4 N–H and O–H groups in total. The van der Waals surface area contributed by atoms with Gasteiger partial charge in [0, 0.05) is 42.8 Å². The maximum atomic E-state index is 13.5. The quantitative estimate of drug-likeness (QED) is 0.544. The number of hydrogen-bond acceptors (Lipinski definition) is 5. The Morgan fingerprint density at radius 3 is 2.36 bits per heavy atom. The van der Waals surface area contributed by atoms with Gasteiger partial charge in [0.25, 0.3) is 5.91 Å². The fraction of sp³-hybridized carbons (Fsp3) is 0.333. The molecule has 172 valence electrons. The molecule has 1 saturated heterocycles. The molecule has 33 heavy (non-hydrogen) atoms. The van der Waals surface area contributed by atoms with Crippen molar-refractivity contribution in [2.75, 3.05) is 23.3 Å². The van der Waals surface area contributed by atoms with Gasteiger partial charge in [-0.2, -0.15) is 0 Å². The minimum Gasteiger partial charge on any atom is -0.392 e. The number of piperidine rings is 1. The number of aliphatic hydroxyl groups is 1. The van der Waals surface area contributed by atoms with Gasteiger partial charge in [-0.25, -0.2) is 0 Å². The third kappa shape index (κ3) is 5.24. The number of nitrogens with one attached hydrogen (secondary N) is 1. The maximum Gasteiger partial charge on any atom is 0.259 e. The van der Waals surface area contributed by atoms with Crippen molar-refractivity contribution in [1.82, 2.24) is 4.98 Å². The Bertz CT molecular complexity index is 1150. The molecule has 0 aliphatic carbocycles. The standard InChI is InChI=1S/C27H32N4O2/c1-17-8-18(2)11-21(10-17)24-14-29-15-25(26(24)31-6-4-22(28)5-7-31)27(33)30-23-12-19(3)9-20(13-23)16-32/h8-15,22,32H,4-7,16,28H2,1-3H3,(H,30,33). The van der Waals surface area contributed by atoms with E-state index in [1.54, 1.807) is 12.3 Å². The zero-order chi connectivity index (χ0) is 23.5. The number of amides is 1. The molecule has 4 rings (SSSR count). The fourth-order valence-corrected chi connectivity index (χ4v) is 4.65. The third-order valence-corrected chi connectivity index (χ3v) is 6.13. The van der Waals surface area contributed by atoms with Gasteiger partial charge in [-0.1, -0.05) is 35.4 Å². The Kier molecular flexibility index (Phi) is 6.77. The summed E-state index contributed by atoms with van der Waals surface area (Å²) in [5.41, 5.74) is 14.3. The van der Waals surface area contributed by atoms with Gasteiger partial charge in [-0.3, -0.25) is 9.78 Å². The number of anilines is 2. The SMILES string of the molecule is Cc1cc(CO)cc(NC(=O)c2cncc(-c3cc(C)cc(C)c3)c2N2CCC(N)CC2)c1. The molecule has 0 bridgehead atoms. The predicted molar refractivity (Wildman–Crippen MR) is 134 cm³/mol. The monoisotopic (exact) mass is 444 g/mol. The van der Waals surface area contributed by atoms with Gasteiger partial charge in [-0.05, 0) is 62.4 Å². The normalized spacial score (nSPS) is 14.4. The number of hydrogen-bond donors (Lipinski definition) is 3. The topological polar surface area (TPSA) is 91.5 Å². The van der Waals surface area contributed by atoms with Crippen LogP contribution < -0.4 is 16.0 Å². The molecule has 0 spiro atoms. The van der Waals surface area contributed by atoms with Crippen LogP contribution in [-0.4, -0.2) is 35.1 Å². The van der Waals surface area contributed by atoms with Crippen molar-refractivity contribution >= 4 is 17.3 Å². The van der Waals surface area contributed by atoms with Gasteiger partial charge < -0.3 is 21.1 Å². The van der Waals surface area contributed by atoms with Crippen molar-refractivity contribution in [1.29, 1.82) is 0 Å². The second-order valence-electron chi connectivity index (χ2n) is 9.10. The maximum absolute atomic E-state index is 13.5. The molecule has 2 aromatic carbocycles. The number of nitrogens with zero attached hydrogens (tertiary/aromatic N) is 2. The summed E-state index contributed by atoms with van der Waals surface area (Å²) in [6.07, 6.45) is 5.26. The van der Waals surface area contributed by atoms with Gasteiger partial charge in [0.15, 0.2) is 0 Å². The summed E-state index contributed by atoms with van der Waals surface area (Å²) in [5.74, 6) is -0.215. The molecule has 1 fully saturated rings. The summed E-state index contributed by atoms with van der Waals surface area (Å²) in [5, 5.41) is 12.6. The highest BCUT2D eigenvalue weighted by Crippen LogP contribution is 2.36. The first-order valence-corrected chi connectivity index (χ1v) is 11.4. The summed E-state index contributed by atoms with van der Waals surface area (Å²) in [6.45, 7) is 7.62. The molecule has 0 radical (unpaired) electrons. The smallest absolute Gasteiger partial charge is 0.259 e. The number of nitrogens with two attached hydrogens (primary N) is 1. The number of carbonyl (C=O) groups is 1. The molecular formula is C27H32N4O2. The van der Waals surface area contributed by atoms with Crippen molar-refractivity contribution in [3.8, 4) is 11.1 Å². The van der Waals surface area contributed by atoms with E-state index in [-0.39, 0.29) is 18.6 Å². The largest absolute Gasteiger partial charge is 0.392 e. The number of aryl methyl sites for hydroxylation is 3. The Hall–Kier alpha value is -3.22. The second-order valence-corrected chi connectivity index (χ2v) is 9.10. The van der Waals surface area contributed by atoms with Crippen LogP contribution in [0, 0.1) is 20.8 Å². The molecule has 1 aliphatic heterocycles. The van der Waals surface area contributed by atoms with Crippen molar-refractivity contribution in [3.63, 3.8) is 0 Å². The van der Waals surface area contributed by atoms with Crippen molar-refractivity contribution in [2.24, 2.45) is 5.73 Å². The summed E-state index contributed by atoms with van der Waals surface area (Å²) in [4.78, 5) is 20.2. The van der Waals surface area contributed by atoms with E-state index in [1.807, 2.05) is 25.3 Å². The summed E-state index contributed by atoms with van der Waals surface area (Å²) in [6, 6.07) is 12.2. The first-order chi connectivity index (χ1) is 15.8. The van der Waals surface area contributed by atoms with E-state index in [9.17, 15) is 9.90 Å². The highest BCUT2D eigenvalue weighted by atomic mass is 16.3. The Morgan fingerprint density at radius 2 is 1.70 bits per heavy atom. The summed E-state index contributed by atoms with van der Waals surface area (Å²) < 4.78 is 0. The van der Waals surface area contributed by atoms with E-state index in [0.717, 1.165) is 53.9 Å². The van der Waals surface area contributed by atoms with Crippen molar-refractivity contribution in [2.45, 2.75) is 46.3 Å². The van der Waals surface area contributed by atoms with Crippen molar-refractivity contribution in [3.05, 3.63) is 76.6 Å². The molecule has 1 aromatic heterocycles. The van der Waals surface area contributed by atoms with Crippen molar-refractivity contribution < 1.29 is 9.90 Å². The number of carbonyl (C=O) groups excluding carboxylic acids is 1. The summed E-state index contributed by atoms with van der Waals surface area (Å²) in [7, 11) is 0. The molecule has 6 nitrogen and oxygen atoms in total. The highest BCUT2D eigenvalue weighted by molar-refractivity contribution is 6.10. The van der Waals surface area contributed by atoms with E-state index in [0.29, 0.717) is 11.3 Å². The lowest BCUT2D eigenvalue weighted by molar-refractivity contribution is 0.102. The van der Waals surface area contributed by atoms with E-state index in [1.165, 1.54) is 11.1 Å². The lowest BCUT2D eigenvalue weighted by Crippen LogP contribution is -2.40. The van der Waals surface area contributed by atoms with Gasteiger partial charge in [-0.15, -0.1) is 0 Å². The molecule has 0 unspecified atom stereocenters. The van der Waals surface area contributed by atoms with Crippen LogP contribution in [0.3, 0.4) is 0 Å². The molecule has 0 saturated carbocycles. The zero-order valence-electron chi connectivity index (χ0n) is 19.6. The van der Waals surface area contributed by atoms with Crippen LogP contribution in [0.2, 0.25) is 0 Å². The number of rotatable bonds is 5. The van der Waals surface area contributed by atoms with Crippen LogP contribution in [0.5, 0.6) is 0 Å². The molecule has 6 heteroatoms. The first-order valence-electron chi connectivity index (χ1n) is 11.4. The molecule has 0 atom stereocenters. The second kappa shape index (κ2) is 9.73. The Labute approximate surface area is 195 Å². The number of aromatic nitrogens is 1. The van der Waals surface area contributed by atoms with E-state index >= 15 is 0 Å². The Morgan fingerprint density at radius 1 is 1.03 bits per heavy atom. The first kappa shape index (κ1) is 23.0. The number of pyridine rings is 1. The fourth-order valence-electron chi connectivity index (χ4n) is 4.65. The van der Waals surface area contributed by atoms with E-state index in [4.69, 9.17) is 5.73 Å². The molecule has 3 aromatic rings. The average Bonchev–Trinajstić information content (AvgIpc) is 2.78. The van der Waals surface area contributed by atoms with Gasteiger partial charge in [0.1, 0.15) is 0 Å². The van der Waals surface area contributed by atoms with E-state index in [2.05, 4.69) is 47.2 Å². The molecule has 2 heterocycles. The number of benzene rings is 2. The molecule has 1 aliphatic rings. The highest BCUT2D eigenvalue weighted by Gasteiger charge is 2.25. The third-order valence-electron chi connectivity index (χ3n) is 6.13. The zero-order valence-corrected chi connectivity index (χ0v) is 19.6. The summed E-state index contributed by atoms with van der Waals surface area (Å²) >= 11 is 0. The van der Waals surface area contributed by atoms with Crippen LogP contribution in [0.15, 0.2) is 48.8 Å². The average molecular weight is 445 g/mol. The van der Waals surface area contributed by atoms with Crippen LogP contribution in [0.25, 0.3) is 11.1 Å². The van der Waals surface area contributed by atoms with Crippen LogP contribution in [0.4, 0.5) is 11.4 Å². The van der Waals surface area contributed by atoms with Crippen LogP contribution in [0.1, 0.15) is 45.5 Å². The lowest BCUT2D eigenvalue weighted by Gasteiger charge is -2.34. The van der Waals surface area contributed by atoms with Gasteiger partial charge in [0.2, 0.25) is 0 Å². The van der Waals surface area contributed by atoms with Gasteiger partial charge >= 0.3 is 0 Å². The van der Waals surface area contributed by atoms with Crippen LogP contribution in [-0.2, 0) is 6.61 Å². The molecular weight excluding hydrogens is 412 g/mol. The molecule has 1 amide bonds. The van der Waals surface area contributed by atoms with Gasteiger partial charge in [0.05, 0.1) is 17.9 Å². The minimum atomic E-state index is -0.215. The lowest BCUT2D eigenvalue weighted by atomic mass is 9.96. The minimum absolute atomic E-state index is 0.0758.